The molecule has 0 aromatic heterocycles. The van der Waals surface area contributed by atoms with Crippen LogP contribution in [0.3, 0.4) is 0 Å². The molecule has 13 heavy (non-hydrogen) atoms. The van der Waals surface area contributed by atoms with Crippen LogP contribution in [0.2, 0.25) is 0 Å². The number of carbonyl (C=O) groups excluding carboxylic acids is 1. The second-order valence-electron chi connectivity index (χ2n) is 3.88. The van der Waals surface area contributed by atoms with Crippen molar-refractivity contribution < 1.29 is 13.9 Å². The minimum absolute atomic E-state index is 0.317. The van der Waals surface area contributed by atoms with E-state index in [2.05, 4.69) is 4.74 Å². The largest absolute Gasteiger partial charge is 0.468 e. The number of esters is 1. The van der Waals surface area contributed by atoms with Gasteiger partial charge in [-0.3, -0.25) is 4.79 Å². The van der Waals surface area contributed by atoms with Gasteiger partial charge in [0.1, 0.15) is 5.41 Å². The summed E-state index contributed by atoms with van der Waals surface area (Å²) < 4.78 is 18.3. The number of halogens is 2. The van der Waals surface area contributed by atoms with Crippen LogP contribution >= 0.6 is 11.6 Å². The maximum absolute atomic E-state index is 13.7. The van der Waals surface area contributed by atoms with Gasteiger partial charge in [-0.2, -0.15) is 0 Å². The van der Waals surface area contributed by atoms with Crippen molar-refractivity contribution in [3.05, 3.63) is 0 Å². The molecular formula is C9H12ClFO2. The fraction of sp³-hybridized carbons (Fsp3) is 0.889. The molecule has 0 aromatic carbocycles. The fourth-order valence-corrected chi connectivity index (χ4v) is 3.16. The van der Waals surface area contributed by atoms with Crippen molar-refractivity contribution in [2.45, 2.75) is 30.8 Å². The van der Waals surface area contributed by atoms with Crippen LogP contribution in [0.25, 0.3) is 0 Å². The van der Waals surface area contributed by atoms with E-state index in [4.69, 9.17) is 11.6 Å². The average Bonchev–Trinajstić information content (AvgIpc) is 2.65. The van der Waals surface area contributed by atoms with Crippen molar-refractivity contribution in [1.29, 1.82) is 0 Å². The summed E-state index contributed by atoms with van der Waals surface area (Å²) in [7, 11) is 1.29. The smallest absolute Gasteiger partial charge is 0.316 e. The van der Waals surface area contributed by atoms with Gasteiger partial charge in [0, 0.05) is 5.92 Å². The van der Waals surface area contributed by atoms with Crippen molar-refractivity contribution in [3.63, 3.8) is 0 Å². The molecule has 0 aromatic rings. The van der Waals surface area contributed by atoms with Gasteiger partial charge in [0.15, 0.2) is 0 Å². The number of ether oxygens (including phenoxy) is 1. The van der Waals surface area contributed by atoms with E-state index in [-0.39, 0.29) is 5.92 Å². The van der Waals surface area contributed by atoms with Crippen LogP contribution in [0.4, 0.5) is 4.39 Å². The zero-order valence-electron chi connectivity index (χ0n) is 7.48. The minimum atomic E-state index is -1.84. The molecule has 2 saturated carbocycles. The quantitative estimate of drug-likeness (QED) is 0.486. The van der Waals surface area contributed by atoms with Gasteiger partial charge in [-0.15, -0.1) is 0 Å². The van der Waals surface area contributed by atoms with E-state index in [1.165, 1.54) is 7.11 Å². The van der Waals surface area contributed by atoms with Gasteiger partial charge in [0.25, 0.3) is 0 Å². The Morgan fingerprint density at radius 1 is 1.62 bits per heavy atom. The highest BCUT2D eigenvalue weighted by Crippen LogP contribution is 2.73. The molecule has 0 radical (unpaired) electrons. The summed E-state index contributed by atoms with van der Waals surface area (Å²) in [5, 5.41) is -1.84. The van der Waals surface area contributed by atoms with E-state index < -0.39 is 16.5 Å². The molecule has 0 bridgehead atoms. The standard InChI is InChI=1S/C9H12ClFO2/c1-13-7(12)8-5-3-2-4-6(8)9(8,10)11/h6H,2-5H2,1H3/t6-,8-,9-/m0/s1. The van der Waals surface area contributed by atoms with Crippen molar-refractivity contribution >= 4 is 17.6 Å². The number of hydrogen-bond acceptors (Lipinski definition) is 2. The molecule has 0 saturated heterocycles. The summed E-state index contributed by atoms with van der Waals surface area (Å²) in [6, 6.07) is 0. The van der Waals surface area contributed by atoms with E-state index in [1.54, 1.807) is 0 Å². The highest BCUT2D eigenvalue weighted by molar-refractivity contribution is 6.28. The Hall–Kier alpha value is -0.310. The number of methoxy groups -OCH3 is 1. The number of hydrogen-bond donors (Lipinski definition) is 0. The maximum Gasteiger partial charge on any atom is 0.316 e. The third-order valence-electron chi connectivity index (χ3n) is 3.41. The minimum Gasteiger partial charge on any atom is -0.468 e. The highest BCUT2D eigenvalue weighted by atomic mass is 35.5. The summed E-state index contributed by atoms with van der Waals surface area (Å²) in [5.74, 6) is -0.794. The molecule has 0 amide bonds. The summed E-state index contributed by atoms with van der Waals surface area (Å²) >= 11 is 5.68. The molecule has 4 heteroatoms. The molecule has 2 aliphatic rings. The molecular weight excluding hydrogens is 195 g/mol. The Morgan fingerprint density at radius 3 is 2.85 bits per heavy atom. The van der Waals surface area contributed by atoms with Crippen molar-refractivity contribution in [2.75, 3.05) is 7.11 Å². The van der Waals surface area contributed by atoms with Crippen LogP contribution in [0.15, 0.2) is 0 Å². The molecule has 2 nitrogen and oxygen atoms in total. The van der Waals surface area contributed by atoms with Gasteiger partial charge in [-0.1, -0.05) is 24.4 Å². The Kier molecular flexibility index (Phi) is 1.85. The SMILES string of the molecule is COC(=O)[C@]12CCCC[C@@H]1[C@@]2(F)Cl. The van der Waals surface area contributed by atoms with Gasteiger partial charge in [0.2, 0.25) is 5.13 Å². The normalized spacial score (nSPS) is 48.1. The van der Waals surface area contributed by atoms with Gasteiger partial charge >= 0.3 is 5.97 Å². The molecule has 2 rings (SSSR count). The third kappa shape index (κ3) is 0.912. The van der Waals surface area contributed by atoms with Gasteiger partial charge in [-0.05, 0) is 12.8 Å². The lowest BCUT2D eigenvalue weighted by molar-refractivity contribution is -0.149. The Labute approximate surface area is 81.4 Å². The molecule has 0 aliphatic heterocycles. The van der Waals surface area contributed by atoms with E-state index >= 15 is 0 Å². The van der Waals surface area contributed by atoms with Crippen molar-refractivity contribution in [1.82, 2.24) is 0 Å². The van der Waals surface area contributed by atoms with Gasteiger partial charge < -0.3 is 4.74 Å². The zero-order valence-corrected chi connectivity index (χ0v) is 8.23. The molecule has 3 atom stereocenters. The van der Waals surface area contributed by atoms with E-state index in [1.807, 2.05) is 0 Å². The van der Waals surface area contributed by atoms with E-state index in [9.17, 15) is 9.18 Å². The van der Waals surface area contributed by atoms with Crippen LogP contribution in [0, 0.1) is 11.3 Å². The number of fused-ring (bicyclic) bond motifs is 1. The second kappa shape index (κ2) is 2.59. The first kappa shape index (κ1) is 9.25. The molecule has 0 heterocycles. The first-order valence-corrected chi connectivity index (χ1v) is 4.91. The highest BCUT2D eigenvalue weighted by Gasteiger charge is 2.82. The maximum atomic E-state index is 13.7. The summed E-state index contributed by atoms with van der Waals surface area (Å²) in [5.41, 5.74) is -1.01. The lowest BCUT2D eigenvalue weighted by atomic mass is 9.88. The van der Waals surface area contributed by atoms with E-state index in [0.29, 0.717) is 12.8 Å². The number of alkyl halides is 2. The monoisotopic (exact) mass is 206 g/mol. The molecule has 0 spiro atoms. The summed E-state index contributed by atoms with van der Waals surface area (Å²) in [4.78, 5) is 11.4. The third-order valence-corrected chi connectivity index (χ3v) is 4.01. The summed E-state index contributed by atoms with van der Waals surface area (Å²) in [6.45, 7) is 0. The molecule has 2 fully saturated rings. The first-order chi connectivity index (χ1) is 6.07. The Bertz CT molecular complexity index is 254. The van der Waals surface area contributed by atoms with Crippen LogP contribution in [0.5, 0.6) is 0 Å². The molecule has 0 unspecified atom stereocenters. The fourth-order valence-electron chi connectivity index (χ4n) is 2.62. The van der Waals surface area contributed by atoms with Crippen molar-refractivity contribution in [2.24, 2.45) is 11.3 Å². The predicted molar refractivity (Wildman–Crippen MR) is 46.1 cm³/mol. The lowest BCUT2D eigenvalue weighted by Gasteiger charge is -2.17. The average molecular weight is 207 g/mol. The van der Waals surface area contributed by atoms with Crippen LogP contribution in [0.1, 0.15) is 25.7 Å². The topological polar surface area (TPSA) is 26.3 Å². The van der Waals surface area contributed by atoms with Gasteiger partial charge in [-0.25, -0.2) is 4.39 Å². The van der Waals surface area contributed by atoms with Crippen LogP contribution in [-0.4, -0.2) is 18.2 Å². The molecule has 74 valence electrons. The van der Waals surface area contributed by atoms with Crippen molar-refractivity contribution in [3.8, 4) is 0 Å². The van der Waals surface area contributed by atoms with E-state index in [0.717, 1.165) is 12.8 Å². The lowest BCUT2D eigenvalue weighted by Crippen LogP contribution is -2.25. The molecule has 2 aliphatic carbocycles. The number of carbonyl (C=O) groups is 1. The molecule has 0 N–H and O–H groups in total. The first-order valence-electron chi connectivity index (χ1n) is 4.53. The summed E-state index contributed by atoms with van der Waals surface area (Å²) in [6.07, 6.45) is 3.06. The van der Waals surface area contributed by atoms with Crippen LogP contribution in [-0.2, 0) is 9.53 Å². The second-order valence-corrected chi connectivity index (χ2v) is 4.43. The van der Waals surface area contributed by atoms with Crippen LogP contribution < -0.4 is 0 Å². The zero-order chi connectivity index (χ0) is 9.69. The Balaban J connectivity index is 2.26. The van der Waals surface area contributed by atoms with Gasteiger partial charge in [0.05, 0.1) is 7.11 Å². The number of rotatable bonds is 1. The Morgan fingerprint density at radius 2 is 2.31 bits per heavy atom. The predicted octanol–water partition coefficient (Wildman–Crippen LogP) is 2.25.